The predicted molar refractivity (Wildman–Crippen MR) is 60.2 cm³/mol. The van der Waals surface area contributed by atoms with E-state index in [4.69, 9.17) is 15.3 Å². The maximum absolute atomic E-state index is 11.2. The topological polar surface area (TPSA) is 90.7 Å². The third-order valence-electron chi connectivity index (χ3n) is 1.84. The zero-order valence-electron chi connectivity index (χ0n) is 9.43. The van der Waals surface area contributed by atoms with Crippen LogP contribution in [0.3, 0.4) is 0 Å². The van der Waals surface area contributed by atoms with Gasteiger partial charge in [-0.25, -0.2) is 5.48 Å². The van der Waals surface area contributed by atoms with Crippen molar-refractivity contribution in [3.8, 4) is 5.75 Å². The van der Waals surface area contributed by atoms with E-state index in [0.717, 1.165) is 0 Å². The molecule has 0 unspecified atom stereocenters. The molecule has 0 fully saturated rings. The molecule has 0 bridgehead atoms. The first-order valence-corrected chi connectivity index (χ1v) is 5.07. The van der Waals surface area contributed by atoms with Crippen LogP contribution in [-0.4, -0.2) is 25.0 Å². The van der Waals surface area contributed by atoms with Crippen LogP contribution in [0.25, 0.3) is 0 Å². The predicted octanol–water partition coefficient (Wildman–Crippen LogP) is 0.232. The Morgan fingerprint density at radius 2 is 2.06 bits per heavy atom. The summed E-state index contributed by atoms with van der Waals surface area (Å²) in [5.74, 6) is -0.774. The number of para-hydroxylation sites is 1. The summed E-state index contributed by atoms with van der Waals surface area (Å²) in [7, 11) is 0. The normalized spacial score (nSPS) is 9.71. The summed E-state index contributed by atoms with van der Waals surface area (Å²) in [6, 6.07) is 6.43. The lowest BCUT2D eigenvalue weighted by molar-refractivity contribution is -0.135. The van der Waals surface area contributed by atoms with Gasteiger partial charge in [-0.05, 0) is 19.1 Å². The molecule has 0 aromatic heterocycles. The van der Waals surface area contributed by atoms with Gasteiger partial charge < -0.3 is 10.5 Å². The van der Waals surface area contributed by atoms with Gasteiger partial charge in [-0.15, -0.1) is 0 Å². The number of hydrogen-bond donors (Lipinski definition) is 2. The number of amides is 2. The highest BCUT2D eigenvalue weighted by atomic mass is 16.7. The maximum Gasteiger partial charge on any atom is 0.281 e. The van der Waals surface area contributed by atoms with Crippen LogP contribution >= 0.6 is 0 Å². The number of ether oxygens (including phenoxy) is 1. The second-order valence-corrected chi connectivity index (χ2v) is 3.11. The molecule has 92 valence electrons. The lowest BCUT2D eigenvalue weighted by Crippen LogP contribution is -2.29. The zero-order chi connectivity index (χ0) is 12.7. The first-order valence-electron chi connectivity index (χ1n) is 5.07. The Kier molecular flexibility index (Phi) is 4.96. The second-order valence-electron chi connectivity index (χ2n) is 3.11. The maximum atomic E-state index is 11.2. The summed E-state index contributed by atoms with van der Waals surface area (Å²) in [5, 5.41) is 0. The van der Waals surface area contributed by atoms with Crippen LogP contribution in [0.15, 0.2) is 24.3 Å². The molecule has 0 aliphatic carbocycles. The molecular formula is C11H14N2O4. The molecule has 2 amide bonds. The van der Waals surface area contributed by atoms with E-state index >= 15 is 0 Å². The molecule has 0 spiro atoms. The third-order valence-corrected chi connectivity index (χ3v) is 1.84. The molecule has 0 heterocycles. The number of nitrogens with one attached hydrogen (secondary N) is 1. The molecule has 6 nitrogen and oxygen atoms in total. The van der Waals surface area contributed by atoms with E-state index in [1.807, 2.05) is 0 Å². The minimum absolute atomic E-state index is 0.233. The molecule has 3 N–H and O–H groups in total. The first-order chi connectivity index (χ1) is 8.15. The van der Waals surface area contributed by atoms with Gasteiger partial charge in [-0.2, -0.15) is 0 Å². The Hall–Kier alpha value is -2.08. The SMILES string of the molecule is CCONC(=O)COc1ccccc1C(N)=O. The first kappa shape index (κ1) is 13.0. The Balaban J connectivity index is 2.57. The number of hydroxylamine groups is 1. The summed E-state index contributed by atoms with van der Waals surface area (Å²) < 4.78 is 5.16. The molecule has 0 saturated heterocycles. The summed E-state index contributed by atoms with van der Waals surface area (Å²) in [5.41, 5.74) is 7.56. The number of benzene rings is 1. The number of nitrogens with two attached hydrogens (primary N) is 1. The minimum Gasteiger partial charge on any atom is -0.483 e. The minimum atomic E-state index is -0.606. The largest absolute Gasteiger partial charge is 0.483 e. The quantitative estimate of drug-likeness (QED) is 0.694. The van der Waals surface area contributed by atoms with Crippen molar-refractivity contribution < 1.29 is 19.2 Å². The van der Waals surface area contributed by atoms with Crippen LogP contribution in [0.1, 0.15) is 17.3 Å². The van der Waals surface area contributed by atoms with E-state index in [1.165, 1.54) is 6.07 Å². The highest BCUT2D eigenvalue weighted by Gasteiger charge is 2.09. The van der Waals surface area contributed by atoms with Gasteiger partial charge in [0.15, 0.2) is 6.61 Å². The second kappa shape index (κ2) is 6.49. The van der Waals surface area contributed by atoms with Crippen molar-refractivity contribution in [3.63, 3.8) is 0 Å². The number of carbonyl (C=O) groups is 2. The van der Waals surface area contributed by atoms with Crippen LogP contribution in [0.2, 0.25) is 0 Å². The number of primary amides is 1. The molecule has 0 aliphatic rings. The standard InChI is InChI=1S/C11H14N2O4/c1-2-17-13-10(14)7-16-9-6-4-3-5-8(9)11(12)15/h3-6H,2,7H2,1H3,(H2,12,15)(H,13,14). The Labute approximate surface area is 98.7 Å². The Morgan fingerprint density at radius 3 is 2.71 bits per heavy atom. The summed E-state index contributed by atoms with van der Waals surface area (Å²) in [6.07, 6.45) is 0. The molecule has 0 atom stereocenters. The average Bonchev–Trinajstić information content (AvgIpc) is 2.34. The Bertz CT molecular complexity index is 406. The van der Waals surface area contributed by atoms with Gasteiger partial charge in [0.25, 0.3) is 11.8 Å². The van der Waals surface area contributed by atoms with Gasteiger partial charge in [0.1, 0.15) is 5.75 Å². The molecule has 1 aromatic rings. The van der Waals surface area contributed by atoms with Gasteiger partial charge in [0.2, 0.25) is 0 Å². The zero-order valence-corrected chi connectivity index (χ0v) is 9.43. The van der Waals surface area contributed by atoms with Gasteiger partial charge in [0.05, 0.1) is 12.2 Å². The Morgan fingerprint density at radius 1 is 1.35 bits per heavy atom. The fourth-order valence-corrected chi connectivity index (χ4v) is 1.12. The van der Waals surface area contributed by atoms with Gasteiger partial charge >= 0.3 is 0 Å². The van der Waals surface area contributed by atoms with Crippen LogP contribution in [0, 0.1) is 0 Å². The van der Waals surface area contributed by atoms with E-state index in [-0.39, 0.29) is 17.9 Å². The smallest absolute Gasteiger partial charge is 0.281 e. The number of hydrogen-bond acceptors (Lipinski definition) is 4. The lowest BCUT2D eigenvalue weighted by atomic mass is 10.2. The van der Waals surface area contributed by atoms with Gasteiger partial charge in [-0.3, -0.25) is 14.4 Å². The van der Waals surface area contributed by atoms with Crippen molar-refractivity contribution in [1.82, 2.24) is 5.48 Å². The molecule has 1 rings (SSSR count). The molecule has 0 radical (unpaired) electrons. The monoisotopic (exact) mass is 238 g/mol. The molecular weight excluding hydrogens is 224 g/mol. The van der Waals surface area contributed by atoms with E-state index in [9.17, 15) is 9.59 Å². The average molecular weight is 238 g/mol. The van der Waals surface area contributed by atoms with Crippen molar-refractivity contribution >= 4 is 11.8 Å². The van der Waals surface area contributed by atoms with E-state index in [1.54, 1.807) is 25.1 Å². The highest BCUT2D eigenvalue weighted by molar-refractivity contribution is 5.95. The molecule has 17 heavy (non-hydrogen) atoms. The fourth-order valence-electron chi connectivity index (χ4n) is 1.12. The van der Waals surface area contributed by atoms with Crippen LogP contribution in [-0.2, 0) is 9.63 Å². The van der Waals surface area contributed by atoms with E-state index in [2.05, 4.69) is 5.48 Å². The van der Waals surface area contributed by atoms with Crippen LogP contribution in [0.5, 0.6) is 5.75 Å². The van der Waals surface area contributed by atoms with Crippen molar-refractivity contribution in [2.75, 3.05) is 13.2 Å². The molecule has 0 saturated carbocycles. The van der Waals surface area contributed by atoms with Crippen molar-refractivity contribution in [2.24, 2.45) is 5.73 Å². The van der Waals surface area contributed by atoms with E-state index in [0.29, 0.717) is 6.61 Å². The lowest BCUT2D eigenvalue weighted by Gasteiger charge is -2.09. The summed E-state index contributed by atoms with van der Waals surface area (Å²) >= 11 is 0. The fraction of sp³-hybridized carbons (Fsp3) is 0.273. The third kappa shape index (κ3) is 4.12. The molecule has 0 aliphatic heterocycles. The molecule has 1 aromatic carbocycles. The van der Waals surface area contributed by atoms with Crippen molar-refractivity contribution in [2.45, 2.75) is 6.92 Å². The van der Waals surface area contributed by atoms with Crippen LogP contribution < -0.4 is 16.0 Å². The van der Waals surface area contributed by atoms with E-state index < -0.39 is 11.8 Å². The number of rotatable bonds is 6. The van der Waals surface area contributed by atoms with Crippen molar-refractivity contribution in [3.05, 3.63) is 29.8 Å². The number of carbonyl (C=O) groups excluding carboxylic acids is 2. The van der Waals surface area contributed by atoms with Crippen LogP contribution in [0.4, 0.5) is 0 Å². The summed E-state index contributed by atoms with van der Waals surface area (Å²) in [6.45, 7) is 1.86. The molecule has 6 heteroatoms. The summed E-state index contributed by atoms with van der Waals surface area (Å²) in [4.78, 5) is 26.9. The van der Waals surface area contributed by atoms with Gasteiger partial charge in [-0.1, -0.05) is 12.1 Å². The van der Waals surface area contributed by atoms with Crippen molar-refractivity contribution in [1.29, 1.82) is 0 Å². The van der Waals surface area contributed by atoms with Gasteiger partial charge in [0, 0.05) is 0 Å². The highest BCUT2D eigenvalue weighted by Crippen LogP contribution is 2.16.